The van der Waals surface area contributed by atoms with Gasteiger partial charge in [-0.25, -0.2) is 0 Å². The summed E-state index contributed by atoms with van der Waals surface area (Å²) >= 11 is 0. The predicted molar refractivity (Wildman–Crippen MR) is 113 cm³/mol. The van der Waals surface area contributed by atoms with Crippen LogP contribution in [0.25, 0.3) is 0 Å². The highest BCUT2D eigenvalue weighted by atomic mass is 16.5. The summed E-state index contributed by atoms with van der Waals surface area (Å²) in [5.74, 6) is -0.472. The fourth-order valence-corrected chi connectivity index (χ4v) is 2.66. The van der Waals surface area contributed by atoms with E-state index in [9.17, 15) is 14.4 Å². The molecule has 0 atom stereocenters. The number of carbonyl (C=O) groups is 2. The summed E-state index contributed by atoms with van der Waals surface area (Å²) in [7, 11) is 0. The predicted octanol–water partition coefficient (Wildman–Crippen LogP) is 2.73. The molecule has 2 amide bonds. The van der Waals surface area contributed by atoms with Gasteiger partial charge in [-0.3, -0.25) is 14.4 Å². The summed E-state index contributed by atoms with van der Waals surface area (Å²) in [5, 5.41) is 5.58. The van der Waals surface area contributed by atoms with Crippen molar-refractivity contribution in [1.29, 1.82) is 0 Å². The third kappa shape index (κ3) is 7.91. The molecule has 0 aliphatic heterocycles. The van der Waals surface area contributed by atoms with Gasteiger partial charge in [-0.2, -0.15) is 0 Å². The topological polar surface area (TPSA) is 89.4 Å². The zero-order valence-corrected chi connectivity index (χ0v) is 17.1. The van der Waals surface area contributed by atoms with Gasteiger partial charge < -0.3 is 19.9 Å². The molecule has 0 aliphatic carbocycles. The third-order valence-electron chi connectivity index (χ3n) is 4.27. The van der Waals surface area contributed by atoms with Crippen molar-refractivity contribution < 1.29 is 14.3 Å². The van der Waals surface area contributed by atoms with E-state index >= 15 is 0 Å². The van der Waals surface area contributed by atoms with E-state index in [4.69, 9.17) is 4.74 Å². The average molecular weight is 399 g/mol. The normalized spacial score (nSPS) is 10.6. The van der Waals surface area contributed by atoms with E-state index in [0.29, 0.717) is 24.4 Å². The number of rotatable bonds is 11. The van der Waals surface area contributed by atoms with Crippen LogP contribution in [-0.2, 0) is 16.1 Å². The van der Waals surface area contributed by atoms with Crippen LogP contribution < -0.4 is 16.2 Å². The molecule has 2 aromatic rings. The van der Waals surface area contributed by atoms with Crippen LogP contribution in [0.5, 0.6) is 0 Å². The first-order valence-electron chi connectivity index (χ1n) is 9.92. The van der Waals surface area contributed by atoms with Crippen LogP contribution in [0.2, 0.25) is 0 Å². The Kier molecular flexibility index (Phi) is 9.11. The second kappa shape index (κ2) is 11.8. The van der Waals surface area contributed by atoms with E-state index in [1.165, 1.54) is 10.6 Å². The zero-order chi connectivity index (χ0) is 21.1. The van der Waals surface area contributed by atoms with E-state index < -0.39 is 0 Å². The molecule has 2 rings (SSSR count). The minimum atomic E-state index is -0.307. The molecule has 0 saturated heterocycles. The number of ether oxygens (including phenoxy) is 1. The molecule has 29 heavy (non-hydrogen) atoms. The summed E-state index contributed by atoms with van der Waals surface area (Å²) in [6.45, 7) is 5.85. The maximum absolute atomic E-state index is 12.2. The maximum atomic E-state index is 12.2. The summed E-state index contributed by atoms with van der Waals surface area (Å²) in [4.78, 5) is 36.1. The number of aryl methyl sites for hydroxylation is 1. The van der Waals surface area contributed by atoms with Crippen molar-refractivity contribution in [2.75, 3.05) is 25.1 Å². The largest absolute Gasteiger partial charge is 0.381 e. The van der Waals surface area contributed by atoms with Crippen LogP contribution in [0.4, 0.5) is 5.69 Å². The number of anilines is 1. The van der Waals surface area contributed by atoms with E-state index in [-0.39, 0.29) is 23.9 Å². The molecule has 0 spiro atoms. The summed E-state index contributed by atoms with van der Waals surface area (Å²) < 4.78 is 6.82. The first-order chi connectivity index (χ1) is 14.0. The van der Waals surface area contributed by atoms with Gasteiger partial charge in [-0.1, -0.05) is 19.4 Å². The minimum absolute atomic E-state index is 0.0664. The number of aromatic nitrogens is 1. The molecular formula is C22H29N3O4. The lowest BCUT2D eigenvalue weighted by atomic mass is 10.2. The average Bonchev–Trinajstić information content (AvgIpc) is 2.70. The highest BCUT2D eigenvalue weighted by molar-refractivity contribution is 5.95. The van der Waals surface area contributed by atoms with E-state index in [1.807, 2.05) is 6.92 Å². The Hall–Kier alpha value is -2.93. The molecule has 7 nitrogen and oxygen atoms in total. The molecule has 0 saturated carbocycles. The number of unbranched alkanes of at least 4 members (excludes halogenated alkanes) is 1. The van der Waals surface area contributed by atoms with Crippen molar-refractivity contribution in [2.45, 2.75) is 39.7 Å². The van der Waals surface area contributed by atoms with Crippen LogP contribution in [0.1, 0.15) is 42.1 Å². The molecule has 1 aromatic carbocycles. The Bertz CT molecular complexity index is 859. The van der Waals surface area contributed by atoms with Crippen molar-refractivity contribution >= 4 is 17.5 Å². The number of pyridine rings is 1. The molecule has 1 aromatic heterocycles. The fourth-order valence-electron chi connectivity index (χ4n) is 2.66. The summed E-state index contributed by atoms with van der Waals surface area (Å²) in [6, 6.07) is 9.79. The molecule has 0 fully saturated rings. The van der Waals surface area contributed by atoms with Crippen LogP contribution in [0.15, 0.2) is 47.4 Å². The van der Waals surface area contributed by atoms with Crippen LogP contribution in [-0.4, -0.2) is 36.1 Å². The quantitative estimate of drug-likeness (QED) is 0.569. The summed E-state index contributed by atoms with van der Waals surface area (Å²) in [5.41, 5.74) is 1.76. The van der Waals surface area contributed by atoms with Crippen LogP contribution >= 0.6 is 0 Å². The standard InChI is InChI=1S/C22H29N3O4/c1-3-4-13-29-14-5-12-23-22(28)18-7-9-19(10-8-18)24-20(26)16-25-15-17(2)6-11-21(25)27/h6-11,15H,3-5,12-14,16H2,1-2H3,(H,23,28)(H,24,26). The molecule has 156 valence electrons. The number of carbonyl (C=O) groups excluding carboxylic acids is 2. The number of benzene rings is 1. The minimum Gasteiger partial charge on any atom is -0.381 e. The van der Waals surface area contributed by atoms with E-state index in [0.717, 1.165) is 31.4 Å². The van der Waals surface area contributed by atoms with Gasteiger partial charge in [0.2, 0.25) is 5.91 Å². The van der Waals surface area contributed by atoms with Gasteiger partial charge >= 0.3 is 0 Å². The Balaban J connectivity index is 1.77. The first-order valence-corrected chi connectivity index (χ1v) is 9.92. The number of amides is 2. The fraction of sp³-hybridized carbons (Fsp3) is 0.409. The molecule has 0 aliphatic rings. The molecule has 7 heteroatoms. The Morgan fingerprint density at radius 2 is 1.76 bits per heavy atom. The number of nitrogens with one attached hydrogen (secondary N) is 2. The van der Waals surface area contributed by atoms with Gasteiger partial charge in [-0.15, -0.1) is 0 Å². The number of nitrogens with zero attached hydrogens (tertiary/aromatic N) is 1. The summed E-state index contributed by atoms with van der Waals surface area (Å²) in [6.07, 6.45) is 4.57. The van der Waals surface area contributed by atoms with Crippen LogP contribution in [0.3, 0.4) is 0 Å². The Labute approximate surface area is 171 Å². The van der Waals surface area contributed by atoms with Gasteiger partial charge in [0.25, 0.3) is 11.5 Å². The van der Waals surface area contributed by atoms with Crippen molar-refractivity contribution in [2.24, 2.45) is 0 Å². The van der Waals surface area contributed by atoms with E-state index in [1.54, 1.807) is 36.5 Å². The Morgan fingerprint density at radius 3 is 2.48 bits per heavy atom. The zero-order valence-electron chi connectivity index (χ0n) is 17.1. The molecule has 0 radical (unpaired) electrons. The third-order valence-corrected chi connectivity index (χ3v) is 4.27. The smallest absolute Gasteiger partial charge is 0.251 e. The molecule has 0 bridgehead atoms. The van der Waals surface area contributed by atoms with Crippen molar-refractivity contribution in [3.63, 3.8) is 0 Å². The van der Waals surface area contributed by atoms with Crippen molar-refractivity contribution in [1.82, 2.24) is 9.88 Å². The molecule has 1 heterocycles. The lowest BCUT2D eigenvalue weighted by Gasteiger charge is -2.09. The molecular weight excluding hydrogens is 370 g/mol. The second-order valence-electron chi connectivity index (χ2n) is 6.87. The molecule has 2 N–H and O–H groups in total. The maximum Gasteiger partial charge on any atom is 0.251 e. The SMILES string of the molecule is CCCCOCCCNC(=O)c1ccc(NC(=O)Cn2cc(C)ccc2=O)cc1. The van der Waals surface area contributed by atoms with Gasteiger partial charge in [0, 0.05) is 43.3 Å². The lowest BCUT2D eigenvalue weighted by Crippen LogP contribution is -2.27. The van der Waals surface area contributed by atoms with E-state index in [2.05, 4.69) is 17.6 Å². The van der Waals surface area contributed by atoms with Crippen molar-refractivity contribution in [3.8, 4) is 0 Å². The monoisotopic (exact) mass is 399 g/mol. The van der Waals surface area contributed by atoms with Gasteiger partial charge in [0.15, 0.2) is 0 Å². The van der Waals surface area contributed by atoms with Crippen molar-refractivity contribution in [3.05, 3.63) is 64.1 Å². The highest BCUT2D eigenvalue weighted by Crippen LogP contribution is 2.10. The highest BCUT2D eigenvalue weighted by Gasteiger charge is 2.08. The number of hydrogen-bond acceptors (Lipinski definition) is 4. The van der Waals surface area contributed by atoms with Gasteiger partial charge in [0.1, 0.15) is 6.54 Å². The second-order valence-corrected chi connectivity index (χ2v) is 6.87. The number of hydrogen-bond donors (Lipinski definition) is 2. The molecule has 0 unspecified atom stereocenters. The van der Waals surface area contributed by atoms with Crippen LogP contribution in [0, 0.1) is 6.92 Å². The van der Waals surface area contributed by atoms with Gasteiger partial charge in [-0.05, 0) is 49.6 Å². The first kappa shape index (κ1) is 22.4. The lowest BCUT2D eigenvalue weighted by molar-refractivity contribution is -0.116. The Morgan fingerprint density at radius 1 is 1.03 bits per heavy atom. The van der Waals surface area contributed by atoms with Gasteiger partial charge in [0.05, 0.1) is 0 Å².